The Labute approximate surface area is 127 Å². The molecule has 0 saturated carbocycles. The molecule has 0 bridgehead atoms. The Bertz CT molecular complexity index is 398. The second-order valence-electron chi connectivity index (χ2n) is 4.38. The maximum atomic E-state index is 11.0. The predicted molar refractivity (Wildman–Crippen MR) is 83.6 cm³/mol. The van der Waals surface area contributed by atoms with Crippen molar-refractivity contribution in [2.75, 3.05) is 18.8 Å². The number of hydrogen-bond donors (Lipinski definition) is 1. The maximum absolute atomic E-state index is 11.0. The largest absolute Gasteiger partial charge is 0.316 e. The maximum Gasteiger partial charge on any atom is 0.185 e. The highest BCUT2D eigenvalue weighted by Crippen LogP contribution is 2.31. The van der Waals surface area contributed by atoms with E-state index in [0.29, 0.717) is 11.8 Å². The molecular formula is C13H17BrClNOS. The number of halogens is 2. The van der Waals surface area contributed by atoms with Crippen LogP contribution < -0.4 is 5.32 Å². The third-order valence-electron chi connectivity index (χ3n) is 3.14. The minimum atomic E-state index is 0. The van der Waals surface area contributed by atoms with E-state index in [1.807, 2.05) is 0 Å². The van der Waals surface area contributed by atoms with E-state index in [2.05, 4.69) is 45.5 Å². The minimum Gasteiger partial charge on any atom is -0.316 e. The van der Waals surface area contributed by atoms with Crippen molar-refractivity contribution >= 4 is 45.2 Å². The zero-order valence-electron chi connectivity index (χ0n) is 10.2. The number of benzene rings is 1. The van der Waals surface area contributed by atoms with Crippen LogP contribution in [0.15, 0.2) is 28.7 Å². The van der Waals surface area contributed by atoms with Crippen LogP contribution in [0.4, 0.5) is 0 Å². The lowest BCUT2D eigenvalue weighted by Gasteiger charge is -2.18. The normalized spacial score (nSPS) is 22.6. The fourth-order valence-corrected chi connectivity index (χ4v) is 3.30. The van der Waals surface area contributed by atoms with E-state index >= 15 is 0 Å². The molecule has 0 aliphatic carbocycles. The Kier molecular flexibility index (Phi) is 6.71. The SMILES string of the molecule is CC(=O)SCC1CNCC1c1ccc(Br)cc1.Cl. The number of carbonyl (C=O) groups excluding carboxylic acids is 1. The Morgan fingerprint density at radius 1 is 1.39 bits per heavy atom. The van der Waals surface area contributed by atoms with E-state index in [9.17, 15) is 4.79 Å². The molecule has 1 N–H and O–H groups in total. The molecule has 2 nitrogen and oxygen atoms in total. The van der Waals surface area contributed by atoms with Crippen molar-refractivity contribution in [1.29, 1.82) is 0 Å². The number of carbonyl (C=O) groups is 1. The van der Waals surface area contributed by atoms with Gasteiger partial charge in [0.05, 0.1) is 0 Å². The summed E-state index contributed by atoms with van der Waals surface area (Å²) in [6.45, 7) is 3.67. The quantitative estimate of drug-likeness (QED) is 0.905. The summed E-state index contributed by atoms with van der Waals surface area (Å²) < 4.78 is 1.11. The highest BCUT2D eigenvalue weighted by atomic mass is 79.9. The lowest BCUT2D eigenvalue weighted by molar-refractivity contribution is -0.109. The van der Waals surface area contributed by atoms with Crippen molar-refractivity contribution < 1.29 is 4.79 Å². The highest BCUT2D eigenvalue weighted by Gasteiger charge is 2.28. The lowest BCUT2D eigenvalue weighted by atomic mass is 9.90. The van der Waals surface area contributed by atoms with Gasteiger partial charge in [0, 0.05) is 29.6 Å². The van der Waals surface area contributed by atoms with Gasteiger partial charge in [-0.25, -0.2) is 0 Å². The Morgan fingerprint density at radius 3 is 2.67 bits per heavy atom. The van der Waals surface area contributed by atoms with Crippen LogP contribution in [-0.4, -0.2) is 24.0 Å². The second kappa shape index (κ2) is 7.53. The summed E-state index contributed by atoms with van der Waals surface area (Å²) in [5.74, 6) is 2.02. The molecule has 1 fully saturated rings. The number of nitrogens with one attached hydrogen (secondary N) is 1. The first-order valence-electron chi connectivity index (χ1n) is 5.76. The van der Waals surface area contributed by atoms with Gasteiger partial charge in [-0.2, -0.15) is 0 Å². The fraction of sp³-hybridized carbons (Fsp3) is 0.462. The van der Waals surface area contributed by atoms with E-state index < -0.39 is 0 Å². The topological polar surface area (TPSA) is 29.1 Å². The lowest BCUT2D eigenvalue weighted by Crippen LogP contribution is -2.14. The monoisotopic (exact) mass is 349 g/mol. The molecule has 18 heavy (non-hydrogen) atoms. The second-order valence-corrected chi connectivity index (χ2v) is 6.49. The summed E-state index contributed by atoms with van der Waals surface area (Å²) in [5, 5.41) is 3.64. The summed E-state index contributed by atoms with van der Waals surface area (Å²) in [6.07, 6.45) is 0. The zero-order chi connectivity index (χ0) is 12.3. The average Bonchev–Trinajstić information content (AvgIpc) is 2.75. The van der Waals surface area contributed by atoms with Gasteiger partial charge in [-0.05, 0) is 30.2 Å². The summed E-state index contributed by atoms with van der Waals surface area (Å²) in [6, 6.07) is 8.52. The van der Waals surface area contributed by atoms with E-state index in [4.69, 9.17) is 0 Å². The molecule has 0 amide bonds. The molecule has 1 aromatic rings. The van der Waals surface area contributed by atoms with Gasteiger partial charge < -0.3 is 5.32 Å². The molecule has 0 aromatic heterocycles. The number of rotatable bonds is 3. The van der Waals surface area contributed by atoms with Crippen LogP contribution in [0.2, 0.25) is 0 Å². The van der Waals surface area contributed by atoms with Crippen LogP contribution in [0.3, 0.4) is 0 Å². The summed E-state index contributed by atoms with van der Waals surface area (Å²) in [7, 11) is 0. The smallest absolute Gasteiger partial charge is 0.185 e. The van der Waals surface area contributed by atoms with Gasteiger partial charge in [-0.3, -0.25) is 4.79 Å². The molecule has 1 aliphatic heterocycles. The molecule has 2 atom stereocenters. The van der Waals surface area contributed by atoms with Gasteiger partial charge in [-0.1, -0.05) is 39.8 Å². The molecular weight excluding hydrogens is 334 g/mol. The zero-order valence-corrected chi connectivity index (χ0v) is 13.4. The molecule has 100 valence electrons. The standard InChI is InChI=1S/C13H16BrNOS.ClH/c1-9(16)17-8-11-6-15-7-13(11)10-2-4-12(14)5-3-10;/h2-5,11,13,15H,6-8H2,1H3;1H. The van der Waals surface area contributed by atoms with E-state index in [0.717, 1.165) is 23.3 Å². The summed E-state index contributed by atoms with van der Waals surface area (Å²) in [4.78, 5) is 11.0. The van der Waals surface area contributed by atoms with Gasteiger partial charge in [0.25, 0.3) is 0 Å². The van der Waals surface area contributed by atoms with Crippen LogP contribution in [0.5, 0.6) is 0 Å². The summed E-state index contributed by atoms with van der Waals surface area (Å²) >= 11 is 4.90. The van der Waals surface area contributed by atoms with Crippen LogP contribution in [0, 0.1) is 5.92 Å². The van der Waals surface area contributed by atoms with Crippen LogP contribution >= 0.6 is 40.1 Å². The van der Waals surface area contributed by atoms with Gasteiger partial charge in [-0.15, -0.1) is 12.4 Å². The van der Waals surface area contributed by atoms with Gasteiger partial charge in [0.2, 0.25) is 0 Å². The van der Waals surface area contributed by atoms with E-state index in [1.54, 1.807) is 6.92 Å². The van der Waals surface area contributed by atoms with Crippen molar-refractivity contribution in [1.82, 2.24) is 5.32 Å². The average molecular weight is 351 g/mol. The molecule has 2 rings (SSSR count). The van der Waals surface area contributed by atoms with Crippen molar-refractivity contribution in [3.63, 3.8) is 0 Å². The first-order valence-corrected chi connectivity index (χ1v) is 7.54. The molecule has 2 unspecified atom stereocenters. The molecule has 0 spiro atoms. The molecule has 5 heteroatoms. The minimum absolute atomic E-state index is 0. The van der Waals surface area contributed by atoms with Crippen LogP contribution in [0.25, 0.3) is 0 Å². The Balaban J connectivity index is 0.00000162. The molecule has 0 radical (unpaired) electrons. The molecule has 1 aliphatic rings. The molecule has 1 saturated heterocycles. The summed E-state index contributed by atoms with van der Waals surface area (Å²) in [5.41, 5.74) is 1.37. The molecule has 1 heterocycles. The van der Waals surface area contributed by atoms with Crippen molar-refractivity contribution in [3.8, 4) is 0 Å². The predicted octanol–water partition coefficient (Wildman–Crippen LogP) is 3.45. The van der Waals surface area contributed by atoms with Crippen LogP contribution in [-0.2, 0) is 4.79 Å². The van der Waals surface area contributed by atoms with E-state index in [1.165, 1.54) is 17.3 Å². The number of thioether (sulfide) groups is 1. The fourth-order valence-electron chi connectivity index (χ4n) is 2.23. The first-order chi connectivity index (χ1) is 8.16. The molecule has 1 aromatic carbocycles. The highest BCUT2D eigenvalue weighted by molar-refractivity contribution is 9.10. The van der Waals surface area contributed by atoms with Gasteiger partial charge in [0.15, 0.2) is 5.12 Å². The van der Waals surface area contributed by atoms with Crippen molar-refractivity contribution in [2.24, 2.45) is 5.92 Å². The third kappa shape index (κ3) is 4.26. The Morgan fingerprint density at radius 2 is 2.06 bits per heavy atom. The van der Waals surface area contributed by atoms with Crippen LogP contribution in [0.1, 0.15) is 18.4 Å². The Hall–Kier alpha value is -0.0300. The number of hydrogen-bond acceptors (Lipinski definition) is 3. The van der Waals surface area contributed by atoms with Crippen molar-refractivity contribution in [3.05, 3.63) is 34.3 Å². The first kappa shape index (κ1) is 16.0. The van der Waals surface area contributed by atoms with Gasteiger partial charge in [0.1, 0.15) is 0 Å². The third-order valence-corrected chi connectivity index (χ3v) is 4.67. The van der Waals surface area contributed by atoms with Crippen molar-refractivity contribution in [2.45, 2.75) is 12.8 Å². The van der Waals surface area contributed by atoms with E-state index in [-0.39, 0.29) is 17.5 Å². The van der Waals surface area contributed by atoms with Gasteiger partial charge >= 0.3 is 0 Å².